The summed E-state index contributed by atoms with van der Waals surface area (Å²) in [5, 5.41) is 0. The summed E-state index contributed by atoms with van der Waals surface area (Å²) in [4.78, 5) is 26.2. The zero-order valence-corrected chi connectivity index (χ0v) is 46.9. The van der Waals surface area contributed by atoms with Crippen LogP contribution in [0.3, 0.4) is 0 Å². The third-order valence-corrected chi connectivity index (χ3v) is 45.5. The fourth-order valence-electron chi connectivity index (χ4n) is 9.09. The predicted octanol–water partition coefficient (Wildman–Crippen LogP) is 18.7. The van der Waals surface area contributed by atoms with Gasteiger partial charge in [0.2, 0.25) is 0 Å². The zero-order valence-electron chi connectivity index (χ0n) is 41.2. The van der Waals surface area contributed by atoms with Gasteiger partial charge in [-0.05, 0) is 0 Å². The monoisotopic (exact) mass is 1050 g/mol. The third-order valence-electron chi connectivity index (χ3n) is 12.7. The predicted molar refractivity (Wildman–Crippen MR) is 263 cm³/mol. The van der Waals surface area contributed by atoms with E-state index in [1.165, 1.54) is 231 Å². The molecule has 0 saturated carbocycles. The molecule has 7 heteroatoms. The van der Waals surface area contributed by atoms with Crippen molar-refractivity contribution >= 4 is 50.3 Å². The molecule has 0 aromatic rings. The molecule has 0 aliphatic rings. The minimum atomic E-state index is -3.99. The first kappa shape index (κ1) is 59.5. The van der Waals surface area contributed by atoms with Crippen LogP contribution in [0, 0.1) is 0 Å². The molecule has 0 bridgehead atoms. The van der Waals surface area contributed by atoms with Crippen LogP contribution in [0.15, 0.2) is 0 Å². The summed E-state index contributed by atoms with van der Waals surface area (Å²) < 4.78 is 24.7. The summed E-state index contributed by atoms with van der Waals surface area (Å²) in [6.45, 7) is 12.4. The van der Waals surface area contributed by atoms with Crippen LogP contribution in [-0.4, -0.2) is 50.3 Å². The number of hydrogen-bond donors (Lipinski definition) is 0. The van der Waals surface area contributed by atoms with Crippen LogP contribution < -0.4 is 0 Å². The fourth-order valence-corrected chi connectivity index (χ4v) is 49.4. The molecule has 0 aromatic carbocycles. The van der Waals surface area contributed by atoms with Crippen LogP contribution in [0.4, 0.5) is 0 Å². The van der Waals surface area contributed by atoms with Gasteiger partial charge in [-0.25, -0.2) is 0 Å². The Bertz CT molecular complexity index is 780. The molecule has 0 radical (unpaired) electrons. The number of hydrogen-bond acceptors (Lipinski definition) is 5. The van der Waals surface area contributed by atoms with Crippen molar-refractivity contribution < 1.29 is 17.1 Å². The summed E-state index contributed by atoms with van der Waals surface area (Å²) in [5.74, 6) is -0.332. The van der Waals surface area contributed by atoms with E-state index in [-0.39, 0.29) is 11.9 Å². The average molecular weight is 1050 g/mol. The van der Waals surface area contributed by atoms with Gasteiger partial charge in [0.25, 0.3) is 0 Å². The average Bonchev–Trinajstić information content (AvgIpc) is 3.20. The maximum atomic E-state index is 13.1. The van der Waals surface area contributed by atoms with Crippen LogP contribution >= 0.6 is 0 Å². The van der Waals surface area contributed by atoms with E-state index in [0.717, 1.165) is 43.4 Å². The first-order valence-corrected chi connectivity index (χ1v) is 39.6. The van der Waals surface area contributed by atoms with Gasteiger partial charge in [-0.15, -0.1) is 0 Å². The summed E-state index contributed by atoms with van der Waals surface area (Å²) >= 11 is -7.98. The van der Waals surface area contributed by atoms with Crippen LogP contribution in [0.1, 0.15) is 298 Å². The Balaban J connectivity index is 5.92. The molecule has 0 saturated heterocycles. The van der Waals surface area contributed by atoms with Gasteiger partial charge in [-0.2, -0.15) is 0 Å². The molecule has 0 aromatic heterocycles. The van der Waals surface area contributed by atoms with Gasteiger partial charge in [0.1, 0.15) is 0 Å². The van der Waals surface area contributed by atoms with Crippen molar-refractivity contribution in [2.24, 2.45) is 0 Å². The standard InChI is InChI=1S/4C12H25.2C2H4O2.O.2Sn/c4*1-3-5-7-9-11-12-10-8-6-4-2;2*1-2(3)4;;;/h4*1,3-12H2,2H3;2*1H3,(H,3,4);;;/q;;;;;;;2*+1/p-2. The molecule has 0 amide bonds. The third kappa shape index (κ3) is 39.8. The van der Waals surface area contributed by atoms with E-state index in [1.807, 2.05) is 0 Å². The number of carbonyl (C=O) groups excluding carboxylic acids is 2. The summed E-state index contributed by atoms with van der Waals surface area (Å²) in [6, 6.07) is 0. The molecule has 59 heavy (non-hydrogen) atoms. The Morgan fingerprint density at radius 3 is 0.576 bits per heavy atom. The maximum absolute atomic E-state index is 13.1. The molecule has 0 atom stereocenters. The van der Waals surface area contributed by atoms with Gasteiger partial charge in [-0.1, -0.05) is 0 Å². The van der Waals surface area contributed by atoms with Crippen LogP contribution in [0.2, 0.25) is 17.7 Å². The Morgan fingerprint density at radius 1 is 0.271 bits per heavy atom. The van der Waals surface area contributed by atoms with Crippen molar-refractivity contribution in [3.05, 3.63) is 0 Å². The summed E-state index contributed by atoms with van der Waals surface area (Å²) in [6.07, 6.45) is 51.7. The van der Waals surface area contributed by atoms with Crippen molar-refractivity contribution in [2.45, 2.75) is 316 Å². The molecule has 0 aliphatic carbocycles. The molecule has 0 fully saturated rings. The van der Waals surface area contributed by atoms with E-state index in [1.54, 1.807) is 13.8 Å². The number of rotatable bonds is 48. The van der Waals surface area contributed by atoms with Gasteiger partial charge in [0, 0.05) is 0 Å². The molecular weight excluding hydrogens is 942 g/mol. The van der Waals surface area contributed by atoms with E-state index < -0.39 is 38.4 Å². The van der Waals surface area contributed by atoms with E-state index in [4.69, 9.17) is 7.56 Å². The Morgan fingerprint density at radius 2 is 0.424 bits per heavy atom. The van der Waals surface area contributed by atoms with Gasteiger partial charge in [0.15, 0.2) is 0 Å². The second-order valence-electron chi connectivity index (χ2n) is 18.8. The van der Waals surface area contributed by atoms with Crippen molar-refractivity contribution in [1.82, 2.24) is 0 Å². The Kier molecular flexibility index (Phi) is 45.5. The minimum absolute atomic E-state index is 0.166. The van der Waals surface area contributed by atoms with Crippen LogP contribution in [0.5, 0.6) is 0 Å². The second kappa shape index (κ2) is 45.1. The van der Waals surface area contributed by atoms with Gasteiger partial charge in [-0.3, -0.25) is 0 Å². The molecule has 5 nitrogen and oxygen atoms in total. The molecule has 352 valence electrons. The Hall–Kier alpha value is 0.497. The molecule has 0 spiro atoms. The van der Waals surface area contributed by atoms with Crippen LogP contribution in [0.25, 0.3) is 0 Å². The molecular formula is C52H106O5Sn2. The number of carbonyl (C=O) groups is 2. The molecule has 0 N–H and O–H groups in total. The fraction of sp³-hybridized carbons (Fsp3) is 0.962. The molecule has 0 heterocycles. The molecule has 0 rings (SSSR count). The van der Waals surface area contributed by atoms with E-state index in [9.17, 15) is 9.59 Å². The van der Waals surface area contributed by atoms with E-state index in [0.29, 0.717) is 0 Å². The first-order chi connectivity index (χ1) is 28.8. The van der Waals surface area contributed by atoms with Crippen molar-refractivity contribution in [2.75, 3.05) is 0 Å². The topological polar surface area (TPSA) is 61.8 Å². The number of unbranched alkanes of at least 4 members (excludes halogenated alkanes) is 36. The van der Waals surface area contributed by atoms with Crippen molar-refractivity contribution in [1.29, 1.82) is 0 Å². The van der Waals surface area contributed by atoms with Crippen LogP contribution in [-0.2, 0) is 17.1 Å². The van der Waals surface area contributed by atoms with Crippen molar-refractivity contribution in [3.63, 3.8) is 0 Å². The van der Waals surface area contributed by atoms with E-state index >= 15 is 0 Å². The molecule has 0 aliphatic heterocycles. The first-order valence-electron chi connectivity index (χ1n) is 26.9. The van der Waals surface area contributed by atoms with Crippen molar-refractivity contribution in [3.8, 4) is 0 Å². The normalized spacial score (nSPS) is 12.0. The summed E-state index contributed by atoms with van der Waals surface area (Å²) in [7, 11) is 0. The zero-order chi connectivity index (χ0) is 43.4. The van der Waals surface area contributed by atoms with Gasteiger partial charge >= 0.3 is 384 Å². The van der Waals surface area contributed by atoms with Gasteiger partial charge in [0.05, 0.1) is 0 Å². The summed E-state index contributed by atoms with van der Waals surface area (Å²) in [5.41, 5.74) is 0. The second-order valence-corrected chi connectivity index (χ2v) is 40.6. The SMILES string of the molecule is CCCCCCCCCCC[CH2][Sn]([CH2]CCCCCCCCCCC)([O]C(C)=O)[O][Sn]([CH2]CCCCCCCCCCC)([CH2]CCCCCCCCCCC)[O]C(C)=O. The quantitative estimate of drug-likeness (QED) is 0.0449. The van der Waals surface area contributed by atoms with Gasteiger partial charge < -0.3 is 0 Å². The van der Waals surface area contributed by atoms with E-state index in [2.05, 4.69) is 27.7 Å². The molecule has 0 unspecified atom stereocenters. The Labute approximate surface area is 380 Å².